The van der Waals surface area contributed by atoms with Crippen molar-refractivity contribution in [3.63, 3.8) is 0 Å². The molecule has 0 aliphatic carbocycles. The van der Waals surface area contributed by atoms with Crippen LogP contribution in [0.15, 0.2) is 88.7 Å². The molecule has 37 heavy (non-hydrogen) atoms. The highest BCUT2D eigenvalue weighted by Crippen LogP contribution is 2.34. The first-order valence-electron chi connectivity index (χ1n) is 11.4. The Labute approximate surface area is 221 Å². The molecule has 1 fully saturated rings. The van der Waals surface area contributed by atoms with E-state index in [0.29, 0.717) is 9.97 Å². The van der Waals surface area contributed by atoms with Gasteiger partial charge in [-0.2, -0.15) is 0 Å². The zero-order valence-electron chi connectivity index (χ0n) is 19.4. The van der Waals surface area contributed by atoms with Crippen molar-refractivity contribution in [3.8, 4) is 0 Å². The number of aromatic nitrogens is 2. The van der Waals surface area contributed by atoms with Crippen molar-refractivity contribution in [2.24, 2.45) is 0 Å². The van der Waals surface area contributed by atoms with Crippen LogP contribution in [0.4, 0.5) is 10.2 Å². The number of nitrogens with one attached hydrogen (secondary N) is 1. The van der Waals surface area contributed by atoms with E-state index in [0.717, 1.165) is 22.9 Å². The molecule has 0 unspecified atom stereocenters. The van der Waals surface area contributed by atoms with Gasteiger partial charge in [-0.25, -0.2) is 9.37 Å². The topological polar surface area (TPSA) is 86.9 Å². The van der Waals surface area contributed by atoms with Crippen LogP contribution in [0, 0.1) is 5.82 Å². The number of fused-ring (bicyclic) bond motifs is 1. The van der Waals surface area contributed by atoms with E-state index in [4.69, 9.17) is 12.2 Å². The molecule has 2 N–H and O–H groups in total. The summed E-state index contributed by atoms with van der Waals surface area (Å²) in [5.74, 6) is -0.474. The van der Waals surface area contributed by atoms with Crippen LogP contribution < -0.4 is 10.9 Å². The summed E-state index contributed by atoms with van der Waals surface area (Å²) in [6, 6.07) is 20.2. The van der Waals surface area contributed by atoms with E-state index in [2.05, 4.69) is 10.3 Å². The monoisotopic (exact) mass is 532 g/mol. The maximum absolute atomic E-state index is 13.4. The molecule has 1 saturated heterocycles. The summed E-state index contributed by atoms with van der Waals surface area (Å²) in [4.78, 5) is 32.9. The number of nitrogens with zero attached hydrogens (tertiary/aromatic N) is 3. The van der Waals surface area contributed by atoms with E-state index in [-0.39, 0.29) is 46.7 Å². The van der Waals surface area contributed by atoms with Crippen LogP contribution in [0.3, 0.4) is 0 Å². The molecule has 0 spiro atoms. The number of hydrogen-bond acceptors (Lipinski definition) is 7. The first-order chi connectivity index (χ1) is 17.9. The van der Waals surface area contributed by atoms with E-state index in [1.165, 1.54) is 27.5 Å². The molecule has 10 heteroatoms. The van der Waals surface area contributed by atoms with Gasteiger partial charge in [0.2, 0.25) is 0 Å². The lowest BCUT2D eigenvalue weighted by molar-refractivity contribution is -0.122. The third-order valence-electron chi connectivity index (χ3n) is 5.82. The van der Waals surface area contributed by atoms with Gasteiger partial charge in [0.25, 0.3) is 11.5 Å². The fourth-order valence-corrected chi connectivity index (χ4v) is 5.13. The average Bonchev–Trinajstić information content (AvgIpc) is 3.18. The van der Waals surface area contributed by atoms with Gasteiger partial charge >= 0.3 is 0 Å². The maximum Gasteiger partial charge on any atom is 0.267 e. The van der Waals surface area contributed by atoms with E-state index < -0.39 is 6.10 Å². The smallest absolute Gasteiger partial charge is 0.267 e. The second kappa shape index (κ2) is 10.6. The number of benzene rings is 2. The van der Waals surface area contributed by atoms with Gasteiger partial charge in [0.1, 0.15) is 21.6 Å². The van der Waals surface area contributed by atoms with Crippen molar-refractivity contribution >= 4 is 51.7 Å². The molecule has 2 aromatic heterocycles. The number of anilines is 1. The summed E-state index contributed by atoms with van der Waals surface area (Å²) in [5.41, 5.74) is 1.67. The number of aliphatic hydroxyl groups is 1. The van der Waals surface area contributed by atoms with E-state index in [1.54, 1.807) is 36.5 Å². The Balaban J connectivity index is 1.47. The summed E-state index contributed by atoms with van der Waals surface area (Å²) < 4.78 is 15.0. The van der Waals surface area contributed by atoms with Gasteiger partial charge in [-0.05, 0) is 41.5 Å². The number of thioether (sulfide) groups is 1. The quantitative estimate of drug-likeness (QED) is 0.270. The predicted octanol–water partition coefficient (Wildman–Crippen LogP) is 4.38. The lowest BCUT2D eigenvalue weighted by Crippen LogP contribution is -2.27. The van der Waals surface area contributed by atoms with Crippen LogP contribution >= 0.6 is 24.0 Å². The Morgan fingerprint density at radius 3 is 2.54 bits per heavy atom. The lowest BCUT2D eigenvalue weighted by Gasteiger charge is -2.15. The Hall–Kier alpha value is -3.86. The van der Waals surface area contributed by atoms with Crippen molar-refractivity contribution in [3.05, 3.63) is 117 Å². The summed E-state index contributed by atoms with van der Waals surface area (Å²) in [7, 11) is 0. The van der Waals surface area contributed by atoms with Crippen LogP contribution in [-0.4, -0.2) is 36.2 Å². The minimum absolute atomic E-state index is 0.103. The minimum Gasteiger partial charge on any atom is -0.387 e. The molecule has 1 aliphatic heterocycles. The van der Waals surface area contributed by atoms with Gasteiger partial charge in [-0.1, -0.05) is 72.5 Å². The number of amides is 1. The molecule has 1 amide bonds. The highest BCUT2D eigenvalue weighted by Gasteiger charge is 2.32. The predicted molar refractivity (Wildman–Crippen MR) is 146 cm³/mol. The SMILES string of the molecule is O=C1/C(=C/c2c(NC[C@H](O)c3ccccc3)nc3ccccn3c2=O)SC(=S)N1Cc1ccc(F)cc1. The molecule has 2 aromatic carbocycles. The van der Waals surface area contributed by atoms with E-state index in [9.17, 15) is 19.1 Å². The van der Waals surface area contributed by atoms with E-state index >= 15 is 0 Å². The molecule has 1 atom stereocenters. The molecule has 0 radical (unpaired) electrons. The fourth-order valence-electron chi connectivity index (χ4n) is 3.89. The minimum atomic E-state index is -0.834. The average molecular weight is 533 g/mol. The summed E-state index contributed by atoms with van der Waals surface area (Å²) >= 11 is 6.51. The van der Waals surface area contributed by atoms with Crippen molar-refractivity contribution < 1.29 is 14.3 Å². The second-order valence-corrected chi connectivity index (χ2v) is 9.99. The number of rotatable bonds is 7. The van der Waals surface area contributed by atoms with Crippen LogP contribution in [0.5, 0.6) is 0 Å². The Morgan fingerprint density at radius 1 is 1.05 bits per heavy atom. The Morgan fingerprint density at radius 2 is 1.78 bits per heavy atom. The third kappa shape index (κ3) is 5.31. The van der Waals surface area contributed by atoms with Gasteiger partial charge in [-0.3, -0.25) is 18.9 Å². The zero-order valence-corrected chi connectivity index (χ0v) is 21.0. The Bertz CT molecular complexity index is 1570. The first kappa shape index (κ1) is 24.8. The van der Waals surface area contributed by atoms with Gasteiger partial charge in [0, 0.05) is 12.7 Å². The van der Waals surface area contributed by atoms with Crippen LogP contribution in [0.25, 0.3) is 11.7 Å². The normalized spacial score (nSPS) is 15.5. The van der Waals surface area contributed by atoms with Crippen molar-refractivity contribution in [2.45, 2.75) is 12.6 Å². The van der Waals surface area contributed by atoms with Gasteiger partial charge < -0.3 is 10.4 Å². The van der Waals surface area contributed by atoms with Crippen LogP contribution in [0.1, 0.15) is 22.8 Å². The van der Waals surface area contributed by atoms with E-state index in [1.807, 2.05) is 30.3 Å². The molecule has 7 nitrogen and oxygen atoms in total. The lowest BCUT2D eigenvalue weighted by atomic mass is 10.1. The van der Waals surface area contributed by atoms with Crippen LogP contribution in [-0.2, 0) is 11.3 Å². The van der Waals surface area contributed by atoms with Crippen molar-refractivity contribution in [2.75, 3.05) is 11.9 Å². The molecular weight excluding hydrogens is 511 g/mol. The van der Waals surface area contributed by atoms with Gasteiger partial charge in [0.15, 0.2) is 0 Å². The van der Waals surface area contributed by atoms with Crippen molar-refractivity contribution in [1.29, 1.82) is 0 Å². The molecule has 1 aliphatic rings. The summed E-state index contributed by atoms with van der Waals surface area (Å²) in [5, 5.41) is 13.7. The zero-order chi connectivity index (χ0) is 25.9. The molecular formula is C27H21FN4O3S2. The molecule has 186 valence electrons. The third-order valence-corrected chi connectivity index (χ3v) is 7.20. The summed E-state index contributed by atoms with van der Waals surface area (Å²) in [6.45, 7) is 0.289. The number of thiocarbonyl (C=S) groups is 1. The van der Waals surface area contributed by atoms with Gasteiger partial charge in [-0.15, -0.1) is 0 Å². The fraction of sp³-hybridized carbons (Fsp3) is 0.111. The maximum atomic E-state index is 13.4. The second-order valence-electron chi connectivity index (χ2n) is 8.31. The van der Waals surface area contributed by atoms with Gasteiger partial charge in [0.05, 0.1) is 23.1 Å². The summed E-state index contributed by atoms with van der Waals surface area (Å²) in [6.07, 6.45) is 2.25. The number of carbonyl (C=O) groups is 1. The Kier molecular flexibility index (Phi) is 7.13. The molecule has 0 bridgehead atoms. The number of carbonyl (C=O) groups excluding carboxylic acids is 1. The largest absolute Gasteiger partial charge is 0.387 e. The molecule has 0 saturated carbocycles. The molecule has 5 rings (SSSR count). The number of pyridine rings is 1. The number of hydrogen-bond donors (Lipinski definition) is 2. The highest BCUT2D eigenvalue weighted by atomic mass is 32.2. The standard InChI is InChI=1S/C27H21FN4O3S2/c28-19-11-9-17(10-12-19)16-32-26(35)22(37-27(32)36)14-20-24(29-15-21(33)18-6-2-1-3-7-18)30-23-8-4-5-13-31(23)25(20)34/h1-14,21,29,33H,15-16H2/b22-14-/t21-/m0/s1. The number of halogens is 1. The highest BCUT2D eigenvalue weighted by molar-refractivity contribution is 8.26. The first-order valence-corrected chi connectivity index (χ1v) is 12.6. The van der Waals surface area contributed by atoms with Crippen LogP contribution in [0.2, 0.25) is 0 Å². The molecule has 3 heterocycles. The van der Waals surface area contributed by atoms with Crippen molar-refractivity contribution in [1.82, 2.24) is 14.3 Å². The number of aliphatic hydroxyl groups excluding tert-OH is 1. The molecule has 4 aromatic rings.